The van der Waals surface area contributed by atoms with Crippen LogP contribution in [0.5, 0.6) is 5.75 Å². The molecule has 0 amide bonds. The minimum atomic E-state index is -0.688. The second kappa shape index (κ2) is 7.30. The van der Waals surface area contributed by atoms with Gasteiger partial charge in [0.15, 0.2) is 12.2 Å². The molecule has 0 aliphatic carbocycles. The molecule has 0 spiro atoms. The van der Waals surface area contributed by atoms with Crippen LogP contribution in [0.25, 0.3) is 5.69 Å². The summed E-state index contributed by atoms with van der Waals surface area (Å²) in [5.74, 6) is 2.60. The number of anilines is 3. The first-order chi connectivity index (χ1) is 14.5. The summed E-state index contributed by atoms with van der Waals surface area (Å²) in [4.78, 5) is 9.01. The Labute approximate surface area is 175 Å². The third kappa shape index (κ3) is 3.09. The van der Waals surface area contributed by atoms with E-state index in [1.54, 1.807) is 7.11 Å². The van der Waals surface area contributed by atoms with Crippen molar-refractivity contribution in [2.75, 3.05) is 36.5 Å². The van der Waals surface area contributed by atoms with E-state index in [0.29, 0.717) is 0 Å². The van der Waals surface area contributed by atoms with Gasteiger partial charge in [-0.3, -0.25) is 5.32 Å². The average Bonchev–Trinajstić information content (AvgIpc) is 3.46. The summed E-state index contributed by atoms with van der Waals surface area (Å²) in [5.41, 5.74) is 5.47. The Hall–Kier alpha value is -3.10. The molecule has 156 valence electrons. The van der Waals surface area contributed by atoms with Gasteiger partial charge in [-0.1, -0.05) is 0 Å². The molecule has 0 bridgehead atoms. The monoisotopic (exact) mass is 406 g/mol. The van der Waals surface area contributed by atoms with Gasteiger partial charge >= 0.3 is 0 Å². The lowest BCUT2D eigenvalue weighted by Gasteiger charge is -2.22. The number of ether oxygens (including phenoxy) is 1. The second-order valence-electron chi connectivity index (χ2n) is 7.78. The molecule has 1 atom stereocenters. The molecule has 0 radical (unpaired) electrons. The Morgan fingerprint density at radius 2 is 2.00 bits per heavy atom. The van der Waals surface area contributed by atoms with Gasteiger partial charge in [0.2, 0.25) is 0 Å². The van der Waals surface area contributed by atoms with Gasteiger partial charge in [-0.05, 0) is 50.1 Å². The molecule has 1 aromatic carbocycles. The topological polar surface area (TPSA) is 78.7 Å². The van der Waals surface area contributed by atoms with E-state index in [9.17, 15) is 5.11 Å². The number of rotatable bonds is 4. The van der Waals surface area contributed by atoms with Crippen LogP contribution < -0.4 is 19.9 Å². The van der Waals surface area contributed by atoms with E-state index >= 15 is 0 Å². The molecule has 8 nitrogen and oxygen atoms in total. The SMILES string of the molecule is COc1ccc(N2CCc3c(-n4ccc(N5CCNC5O)n4)cc(C)nc32)c(C)c1. The largest absolute Gasteiger partial charge is 0.497 e. The maximum Gasteiger partial charge on any atom is 0.185 e. The first-order valence-corrected chi connectivity index (χ1v) is 10.2. The zero-order valence-electron chi connectivity index (χ0n) is 17.5. The van der Waals surface area contributed by atoms with Crippen LogP contribution in [0.1, 0.15) is 16.8 Å². The number of aliphatic hydroxyl groups is 1. The summed E-state index contributed by atoms with van der Waals surface area (Å²) < 4.78 is 7.26. The molecule has 2 aliphatic rings. The van der Waals surface area contributed by atoms with Gasteiger partial charge in [-0.25, -0.2) is 9.67 Å². The van der Waals surface area contributed by atoms with Crippen LogP contribution in [-0.2, 0) is 6.42 Å². The third-order valence-corrected chi connectivity index (χ3v) is 5.83. The number of aromatic nitrogens is 3. The molecule has 1 saturated heterocycles. The Balaban J connectivity index is 1.53. The highest BCUT2D eigenvalue weighted by atomic mass is 16.5. The number of benzene rings is 1. The van der Waals surface area contributed by atoms with Crippen molar-refractivity contribution in [2.24, 2.45) is 0 Å². The number of pyridine rings is 1. The lowest BCUT2D eigenvalue weighted by atomic mass is 10.1. The van der Waals surface area contributed by atoms with E-state index in [-0.39, 0.29) is 0 Å². The molecule has 2 N–H and O–H groups in total. The fraction of sp³-hybridized carbons (Fsp3) is 0.364. The van der Waals surface area contributed by atoms with Gasteiger partial charge in [-0.2, -0.15) is 5.10 Å². The highest BCUT2D eigenvalue weighted by molar-refractivity contribution is 5.73. The molecule has 0 saturated carbocycles. The Bertz CT molecular complexity index is 1100. The molecular weight excluding hydrogens is 380 g/mol. The van der Waals surface area contributed by atoms with Crippen LogP contribution in [-0.4, -0.2) is 53.0 Å². The molecule has 1 unspecified atom stereocenters. The van der Waals surface area contributed by atoms with Crippen molar-refractivity contribution < 1.29 is 9.84 Å². The predicted molar refractivity (Wildman–Crippen MR) is 116 cm³/mol. The van der Waals surface area contributed by atoms with Crippen molar-refractivity contribution in [3.63, 3.8) is 0 Å². The van der Waals surface area contributed by atoms with Crippen LogP contribution in [0.4, 0.5) is 17.3 Å². The molecule has 1 fully saturated rings. The van der Waals surface area contributed by atoms with Crippen molar-refractivity contribution in [3.8, 4) is 11.4 Å². The van der Waals surface area contributed by atoms with Crippen molar-refractivity contribution in [2.45, 2.75) is 26.6 Å². The van der Waals surface area contributed by atoms with Crippen LogP contribution in [0.2, 0.25) is 0 Å². The quantitative estimate of drug-likeness (QED) is 0.688. The van der Waals surface area contributed by atoms with Crippen LogP contribution in [0.15, 0.2) is 36.5 Å². The Morgan fingerprint density at radius 3 is 2.73 bits per heavy atom. The lowest BCUT2D eigenvalue weighted by molar-refractivity contribution is 0.162. The summed E-state index contributed by atoms with van der Waals surface area (Å²) in [6.07, 6.45) is 2.16. The summed E-state index contributed by atoms with van der Waals surface area (Å²) in [6, 6.07) is 10.2. The zero-order valence-corrected chi connectivity index (χ0v) is 17.5. The van der Waals surface area contributed by atoms with Gasteiger partial charge in [-0.15, -0.1) is 0 Å². The smallest absolute Gasteiger partial charge is 0.185 e. The zero-order chi connectivity index (χ0) is 20.8. The van der Waals surface area contributed by atoms with Crippen LogP contribution >= 0.6 is 0 Å². The summed E-state index contributed by atoms with van der Waals surface area (Å²) in [5, 5.41) is 17.8. The maximum absolute atomic E-state index is 10.1. The summed E-state index contributed by atoms with van der Waals surface area (Å²) in [7, 11) is 1.69. The number of hydrogen-bond acceptors (Lipinski definition) is 7. The normalized spacial score (nSPS) is 18.2. The molecule has 2 aliphatic heterocycles. The standard InChI is InChI=1S/C22H26N6O2/c1-14-12-16(30-3)4-5-18(14)26-9-6-17-19(13-15(2)24-21(17)26)28-10-7-20(25-28)27-11-8-23-22(27)29/h4-5,7,10,12-13,22-23,29H,6,8-9,11H2,1-3H3. The number of nitrogens with zero attached hydrogens (tertiary/aromatic N) is 5. The van der Waals surface area contributed by atoms with Crippen molar-refractivity contribution in [3.05, 3.63) is 53.3 Å². The van der Waals surface area contributed by atoms with E-state index in [2.05, 4.69) is 35.3 Å². The van der Waals surface area contributed by atoms with Gasteiger partial charge in [0.1, 0.15) is 11.6 Å². The highest BCUT2D eigenvalue weighted by Gasteiger charge is 2.28. The number of hydrogen-bond donors (Lipinski definition) is 2. The molecule has 3 aromatic rings. The predicted octanol–water partition coefficient (Wildman–Crippen LogP) is 2.27. The minimum Gasteiger partial charge on any atom is -0.497 e. The Morgan fingerprint density at radius 1 is 1.13 bits per heavy atom. The van der Waals surface area contributed by atoms with Crippen LogP contribution in [0, 0.1) is 13.8 Å². The van der Waals surface area contributed by atoms with E-state index in [4.69, 9.17) is 14.8 Å². The van der Waals surface area contributed by atoms with Gasteiger partial charge in [0.25, 0.3) is 0 Å². The number of aliphatic hydroxyl groups excluding tert-OH is 1. The van der Waals surface area contributed by atoms with E-state index in [1.807, 2.05) is 34.8 Å². The van der Waals surface area contributed by atoms with Gasteiger partial charge < -0.3 is 19.6 Å². The van der Waals surface area contributed by atoms with E-state index < -0.39 is 6.35 Å². The lowest BCUT2D eigenvalue weighted by Crippen LogP contribution is -2.35. The minimum absolute atomic E-state index is 0.688. The molecule has 4 heterocycles. The molecule has 2 aromatic heterocycles. The van der Waals surface area contributed by atoms with Gasteiger partial charge in [0.05, 0.1) is 12.8 Å². The van der Waals surface area contributed by atoms with E-state index in [1.165, 1.54) is 5.56 Å². The number of nitrogens with one attached hydrogen (secondary N) is 1. The van der Waals surface area contributed by atoms with E-state index in [0.717, 1.165) is 66.1 Å². The molecule has 8 heteroatoms. The van der Waals surface area contributed by atoms with Crippen LogP contribution in [0.3, 0.4) is 0 Å². The Kier molecular flexibility index (Phi) is 4.60. The number of fused-ring (bicyclic) bond motifs is 1. The first-order valence-electron chi connectivity index (χ1n) is 10.2. The fourth-order valence-electron chi connectivity index (χ4n) is 4.34. The number of methoxy groups -OCH3 is 1. The average molecular weight is 406 g/mol. The van der Waals surface area contributed by atoms with Crippen molar-refractivity contribution in [1.29, 1.82) is 0 Å². The van der Waals surface area contributed by atoms with Gasteiger partial charge in [0, 0.05) is 48.8 Å². The number of aryl methyl sites for hydroxylation is 2. The maximum atomic E-state index is 10.1. The molecular formula is C22H26N6O2. The molecule has 30 heavy (non-hydrogen) atoms. The van der Waals surface area contributed by atoms with Crippen molar-refractivity contribution >= 4 is 17.3 Å². The highest BCUT2D eigenvalue weighted by Crippen LogP contribution is 2.38. The fourth-order valence-corrected chi connectivity index (χ4v) is 4.34. The summed E-state index contributed by atoms with van der Waals surface area (Å²) >= 11 is 0. The van der Waals surface area contributed by atoms with Crippen molar-refractivity contribution in [1.82, 2.24) is 20.1 Å². The third-order valence-electron chi connectivity index (χ3n) is 5.83. The second-order valence-corrected chi connectivity index (χ2v) is 7.78. The molecule has 5 rings (SSSR count). The first kappa shape index (κ1) is 18.9. The summed E-state index contributed by atoms with van der Waals surface area (Å²) in [6.45, 7) is 6.46.